The van der Waals surface area contributed by atoms with Crippen molar-refractivity contribution in [3.8, 4) is 17.6 Å². The molecule has 2 aromatic rings. The first-order chi connectivity index (χ1) is 13.0. The molecule has 138 valence electrons. The Bertz CT molecular complexity index is 885. The van der Waals surface area contributed by atoms with Gasteiger partial charge in [-0.1, -0.05) is 18.2 Å². The maximum Gasteiger partial charge on any atom is 0.335 e. The van der Waals surface area contributed by atoms with Crippen molar-refractivity contribution in [1.82, 2.24) is 5.43 Å². The van der Waals surface area contributed by atoms with E-state index in [4.69, 9.17) is 19.8 Å². The second kappa shape index (κ2) is 9.58. The number of carboxylic acids is 1. The highest BCUT2D eigenvalue weighted by Gasteiger charge is 2.10. The van der Waals surface area contributed by atoms with Gasteiger partial charge in [0.15, 0.2) is 11.5 Å². The maximum absolute atomic E-state index is 11.3. The van der Waals surface area contributed by atoms with Crippen LogP contribution in [-0.2, 0) is 11.4 Å². The highest BCUT2D eigenvalue weighted by Crippen LogP contribution is 2.30. The van der Waals surface area contributed by atoms with Crippen molar-refractivity contribution in [1.29, 1.82) is 5.26 Å². The van der Waals surface area contributed by atoms with Crippen LogP contribution in [0.3, 0.4) is 0 Å². The molecule has 0 unspecified atom stereocenters. The Morgan fingerprint density at radius 3 is 2.63 bits per heavy atom. The van der Waals surface area contributed by atoms with Crippen LogP contribution >= 0.6 is 0 Å². The van der Waals surface area contributed by atoms with E-state index in [9.17, 15) is 9.59 Å². The Labute approximate surface area is 155 Å². The molecule has 2 aromatic carbocycles. The second-order valence-electron chi connectivity index (χ2n) is 5.30. The van der Waals surface area contributed by atoms with Crippen LogP contribution in [0.15, 0.2) is 47.6 Å². The van der Waals surface area contributed by atoms with Gasteiger partial charge >= 0.3 is 5.97 Å². The summed E-state index contributed by atoms with van der Waals surface area (Å²) in [4.78, 5) is 22.2. The van der Waals surface area contributed by atoms with Crippen molar-refractivity contribution in [3.05, 3.63) is 59.2 Å². The van der Waals surface area contributed by atoms with Crippen LogP contribution < -0.4 is 14.9 Å². The summed E-state index contributed by atoms with van der Waals surface area (Å²) in [5.41, 5.74) is 3.77. The van der Waals surface area contributed by atoms with E-state index in [0.717, 1.165) is 5.56 Å². The van der Waals surface area contributed by atoms with Gasteiger partial charge in [0.2, 0.25) is 0 Å². The van der Waals surface area contributed by atoms with Crippen molar-refractivity contribution in [2.75, 3.05) is 7.11 Å². The third-order valence-electron chi connectivity index (χ3n) is 3.45. The number of methoxy groups -OCH3 is 1. The number of benzene rings is 2. The van der Waals surface area contributed by atoms with E-state index in [1.807, 2.05) is 0 Å². The van der Waals surface area contributed by atoms with Gasteiger partial charge in [-0.05, 0) is 29.8 Å². The molecule has 27 heavy (non-hydrogen) atoms. The maximum atomic E-state index is 11.3. The van der Waals surface area contributed by atoms with Crippen LogP contribution in [0.25, 0.3) is 0 Å². The first kappa shape index (κ1) is 19.5. The lowest BCUT2D eigenvalue weighted by atomic mass is 10.1. The van der Waals surface area contributed by atoms with Crippen molar-refractivity contribution in [2.24, 2.45) is 5.10 Å². The molecule has 0 spiro atoms. The van der Waals surface area contributed by atoms with Crippen molar-refractivity contribution in [2.45, 2.75) is 13.0 Å². The smallest absolute Gasteiger partial charge is 0.335 e. The predicted octanol–water partition coefficient (Wildman–Crippen LogP) is 2.34. The van der Waals surface area contributed by atoms with Gasteiger partial charge in [0.1, 0.15) is 13.0 Å². The largest absolute Gasteiger partial charge is 0.493 e. The Morgan fingerprint density at radius 2 is 2.00 bits per heavy atom. The van der Waals surface area contributed by atoms with Gasteiger partial charge in [0.05, 0.1) is 25.0 Å². The monoisotopic (exact) mass is 367 g/mol. The number of amides is 1. The number of carbonyl (C=O) groups is 2. The summed E-state index contributed by atoms with van der Waals surface area (Å²) in [5.74, 6) is -0.619. The van der Waals surface area contributed by atoms with E-state index in [0.29, 0.717) is 17.1 Å². The summed E-state index contributed by atoms with van der Waals surface area (Å²) in [7, 11) is 1.50. The first-order valence-corrected chi connectivity index (χ1v) is 7.86. The summed E-state index contributed by atoms with van der Waals surface area (Å²) in [6.07, 6.45) is 1.10. The van der Waals surface area contributed by atoms with Crippen molar-refractivity contribution in [3.63, 3.8) is 0 Å². The fraction of sp³-hybridized carbons (Fsp3) is 0.158. The topological polar surface area (TPSA) is 121 Å². The lowest BCUT2D eigenvalue weighted by molar-refractivity contribution is -0.120. The van der Waals surface area contributed by atoms with Gasteiger partial charge in [-0.25, -0.2) is 10.2 Å². The Hall–Kier alpha value is -3.86. The molecule has 0 aliphatic rings. The molecule has 0 radical (unpaired) electrons. The van der Waals surface area contributed by atoms with E-state index in [1.54, 1.807) is 36.4 Å². The summed E-state index contributed by atoms with van der Waals surface area (Å²) in [5, 5.41) is 21.2. The van der Waals surface area contributed by atoms with Crippen LogP contribution in [-0.4, -0.2) is 30.3 Å². The first-order valence-electron chi connectivity index (χ1n) is 7.86. The molecule has 0 aliphatic heterocycles. The number of nitrogens with zero attached hydrogens (tertiary/aromatic N) is 2. The number of nitriles is 1. The number of ether oxygens (including phenoxy) is 2. The van der Waals surface area contributed by atoms with Crippen LogP contribution in [0.4, 0.5) is 0 Å². The standard InChI is InChI=1S/C19H17N3O5/c1-26-16-4-2-3-15(11-21-22-17(23)9-10-20)18(16)27-12-13-5-7-14(8-6-13)19(24)25/h2-8,11H,9,12H2,1H3,(H,22,23)(H,24,25)/b21-11-. The molecule has 2 rings (SSSR count). The highest BCUT2D eigenvalue weighted by molar-refractivity contribution is 5.87. The average molecular weight is 367 g/mol. The van der Waals surface area contributed by atoms with E-state index >= 15 is 0 Å². The van der Waals surface area contributed by atoms with E-state index < -0.39 is 11.9 Å². The van der Waals surface area contributed by atoms with Crippen LogP contribution in [0.1, 0.15) is 27.9 Å². The molecule has 2 N–H and O–H groups in total. The fourth-order valence-electron chi connectivity index (χ4n) is 2.13. The number of rotatable bonds is 8. The number of para-hydroxylation sites is 1. The molecule has 0 atom stereocenters. The van der Waals surface area contributed by atoms with Crippen LogP contribution in [0.5, 0.6) is 11.5 Å². The number of nitrogens with one attached hydrogen (secondary N) is 1. The minimum absolute atomic E-state index is 0.182. The van der Waals surface area contributed by atoms with Gasteiger partial charge in [-0.3, -0.25) is 4.79 Å². The van der Waals surface area contributed by atoms with E-state index in [-0.39, 0.29) is 18.6 Å². The molecule has 8 nitrogen and oxygen atoms in total. The number of hydrazone groups is 1. The summed E-state index contributed by atoms with van der Waals surface area (Å²) >= 11 is 0. The third kappa shape index (κ3) is 5.57. The zero-order valence-electron chi connectivity index (χ0n) is 14.5. The van der Waals surface area contributed by atoms with E-state index in [1.165, 1.54) is 25.5 Å². The zero-order chi connectivity index (χ0) is 19.6. The number of carbonyl (C=O) groups excluding carboxylic acids is 1. The average Bonchev–Trinajstić information content (AvgIpc) is 2.67. The molecule has 0 bridgehead atoms. The molecule has 1 amide bonds. The van der Waals surface area contributed by atoms with Crippen LogP contribution in [0, 0.1) is 11.3 Å². The molecule has 0 saturated carbocycles. The molecule has 0 fully saturated rings. The minimum Gasteiger partial charge on any atom is -0.493 e. The van der Waals surface area contributed by atoms with Crippen LogP contribution in [0.2, 0.25) is 0 Å². The summed E-state index contributed by atoms with van der Waals surface area (Å²) < 4.78 is 11.1. The summed E-state index contributed by atoms with van der Waals surface area (Å²) in [6, 6.07) is 13.2. The third-order valence-corrected chi connectivity index (χ3v) is 3.45. The zero-order valence-corrected chi connectivity index (χ0v) is 14.5. The minimum atomic E-state index is -0.996. The van der Waals surface area contributed by atoms with Crippen molar-refractivity contribution < 1.29 is 24.2 Å². The Morgan fingerprint density at radius 1 is 1.26 bits per heavy atom. The number of hydrogen-bond donors (Lipinski definition) is 2. The molecule has 0 aliphatic carbocycles. The van der Waals surface area contributed by atoms with Crippen molar-refractivity contribution >= 4 is 18.1 Å². The second-order valence-corrected chi connectivity index (χ2v) is 5.30. The van der Waals surface area contributed by atoms with Gasteiger partial charge in [0.25, 0.3) is 5.91 Å². The number of hydrogen-bond acceptors (Lipinski definition) is 6. The predicted molar refractivity (Wildman–Crippen MR) is 96.7 cm³/mol. The normalized spacial score (nSPS) is 10.2. The molecular formula is C19H17N3O5. The van der Waals surface area contributed by atoms with Gasteiger partial charge in [0, 0.05) is 5.56 Å². The SMILES string of the molecule is COc1cccc(/C=N\NC(=O)CC#N)c1OCc1ccc(C(=O)O)cc1. The molecule has 0 heterocycles. The van der Waals surface area contributed by atoms with Gasteiger partial charge < -0.3 is 14.6 Å². The number of aromatic carboxylic acids is 1. The molecule has 8 heteroatoms. The molecule has 0 aromatic heterocycles. The van der Waals surface area contributed by atoms with Gasteiger partial charge in [-0.15, -0.1) is 0 Å². The summed E-state index contributed by atoms with van der Waals surface area (Å²) in [6.45, 7) is 0.182. The lowest BCUT2D eigenvalue weighted by Crippen LogP contribution is -2.16. The Kier molecular flexibility index (Phi) is 6.91. The highest BCUT2D eigenvalue weighted by atomic mass is 16.5. The van der Waals surface area contributed by atoms with E-state index in [2.05, 4.69) is 10.5 Å². The van der Waals surface area contributed by atoms with Gasteiger partial charge in [-0.2, -0.15) is 10.4 Å². The quantitative estimate of drug-likeness (QED) is 0.546. The number of carboxylic acid groups (broad SMARTS) is 1. The lowest BCUT2D eigenvalue weighted by Gasteiger charge is -2.13. The fourth-order valence-corrected chi connectivity index (χ4v) is 2.13. The molecular weight excluding hydrogens is 350 g/mol. The Balaban J connectivity index is 2.14. The molecule has 0 saturated heterocycles.